The van der Waals surface area contributed by atoms with Crippen molar-refractivity contribution < 1.29 is 38.6 Å². The summed E-state index contributed by atoms with van der Waals surface area (Å²) in [5.41, 5.74) is -0.618. The number of carboxylic acid groups (broad SMARTS) is 1. The minimum Gasteiger partial charge on any atom is -0.478 e. The molecule has 5 aliphatic rings. The smallest absolute Gasteiger partial charge is 0.345 e. The summed E-state index contributed by atoms with van der Waals surface area (Å²) >= 11 is 0. The Balaban J connectivity index is 1.34. The van der Waals surface area contributed by atoms with Crippen LogP contribution in [-0.2, 0) is 24.0 Å². The molecule has 1 aromatic rings. The number of fused-ring (bicyclic) bond motifs is 2. The summed E-state index contributed by atoms with van der Waals surface area (Å²) in [5.74, 6) is 0.221. The Hall–Kier alpha value is -1.87. The zero-order valence-electron chi connectivity index (χ0n) is 20.6. The van der Waals surface area contributed by atoms with E-state index in [1.54, 1.807) is 24.3 Å². The van der Waals surface area contributed by atoms with Crippen LogP contribution in [0.25, 0.3) is 0 Å². The second-order valence-electron chi connectivity index (χ2n) is 11.0. The van der Waals surface area contributed by atoms with Gasteiger partial charge in [-0.1, -0.05) is 27.7 Å². The van der Waals surface area contributed by atoms with Crippen molar-refractivity contribution in [2.45, 2.75) is 90.4 Å². The number of hydrogen-bond acceptors (Lipinski definition) is 7. The molecule has 0 radical (unpaired) electrons. The molecule has 1 N–H and O–H groups in total. The van der Waals surface area contributed by atoms with E-state index in [0.29, 0.717) is 23.3 Å². The highest BCUT2D eigenvalue weighted by molar-refractivity contribution is 5.73. The zero-order valence-corrected chi connectivity index (χ0v) is 20.6. The summed E-state index contributed by atoms with van der Waals surface area (Å²) in [6.07, 6.45) is 1.92. The molecular formula is C26H36O8. The predicted molar refractivity (Wildman–Crippen MR) is 121 cm³/mol. The van der Waals surface area contributed by atoms with Gasteiger partial charge in [0.15, 0.2) is 18.0 Å². The van der Waals surface area contributed by atoms with Crippen LogP contribution in [0.3, 0.4) is 0 Å². The normalized spacial score (nSPS) is 41.9. The Labute approximate surface area is 200 Å². The van der Waals surface area contributed by atoms with Crippen LogP contribution >= 0.6 is 0 Å². The number of ether oxygens (including phenoxy) is 4. The SMILES string of the molecule is CC(C)[C@H](Oc1ccc(O[C@H]2O[C@@H]3O[C@@]4(C)CC[C@H]5[C@H](C)CC[C@@H]([C@H]2C)[C@@]35OO4)cc1)C(=O)O. The van der Waals surface area contributed by atoms with E-state index in [4.69, 9.17) is 28.7 Å². The van der Waals surface area contributed by atoms with Crippen LogP contribution in [0.5, 0.6) is 11.5 Å². The summed E-state index contributed by atoms with van der Waals surface area (Å²) in [7, 11) is 0. The first kappa shape index (κ1) is 23.9. The van der Waals surface area contributed by atoms with E-state index in [9.17, 15) is 9.90 Å². The summed E-state index contributed by atoms with van der Waals surface area (Å²) < 4.78 is 24.8. The van der Waals surface area contributed by atoms with Crippen molar-refractivity contribution in [3.05, 3.63) is 24.3 Å². The quantitative estimate of drug-likeness (QED) is 0.588. The van der Waals surface area contributed by atoms with Gasteiger partial charge in [0.25, 0.3) is 0 Å². The molecule has 0 amide bonds. The number of hydrogen-bond donors (Lipinski definition) is 1. The van der Waals surface area contributed by atoms with Crippen LogP contribution in [0.1, 0.15) is 60.3 Å². The molecule has 1 aliphatic carbocycles. The van der Waals surface area contributed by atoms with Gasteiger partial charge in [-0.3, -0.25) is 0 Å². The molecule has 2 bridgehead atoms. The van der Waals surface area contributed by atoms with Crippen LogP contribution in [0.4, 0.5) is 0 Å². The van der Waals surface area contributed by atoms with E-state index < -0.39 is 36.0 Å². The van der Waals surface area contributed by atoms with Gasteiger partial charge in [-0.05, 0) is 62.3 Å². The van der Waals surface area contributed by atoms with Crippen LogP contribution in [0, 0.1) is 29.6 Å². The summed E-state index contributed by atoms with van der Waals surface area (Å²) in [5, 5.41) is 9.37. The van der Waals surface area contributed by atoms with E-state index in [0.717, 1.165) is 25.7 Å². The molecule has 8 nitrogen and oxygen atoms in total. The molecule has 0 aromatic heterocycles. The number of aliphatic carboxylic acids is 1. The first-order valence-corrected chi connectivity index (χ1v) is 12.5. The maximum Gasteiger partial charge on any atom is 0.345 e. The molecule has 1 spiro atoms. The van der Waals surface area contributed by atoms with Gasteiger partial charge in [0.1, 0.15) is 11.5 Å². The third-order valence-corrected chi connectivity index (χ3v) is 8.29. The van der Waals surface area contributed by atoms with Crippen LogP contribution < -0.4 is 9.47 Å². The highest BCUT2D eigenvalue weighted by Gasteiger charge is 2.69. The molecule has 0 unspecified atom stereocenters. The maximum absolute atomic E-state index is 11.4. The van der Waals surface area contributed by atoms with Crippen molar-refractivity contribution in [2.75, 3.05) is 0 Å². The molecular weight excluding hydrogens is 440 g/mol. The summed E-state index contributed by atoms with van der Waals surface area (Å²) in [6, 6.07) is 7.01. The average molecular weight is 477 g/mol. The lowest BCUT2D eigenvalue weighted by atomic mass is 9.58. The zero-order chi connectivity index (χ0) is 24.3. The van der Waals surface area contributed by atoms with Gasteiger partial charge in [0.2, 0.25) is 12.1 Å². The topological polar surface area (TPSA) is 92.7 Å². The Morgan fingerprint density at radius 1 is 1.06 bits per heavy atom. The van der Waals surface area contributed by atoms with Gasteiger partial charge >= 0.3 is 5.97 Å². The van der Waals surface area contributed by atoms with Gasteiger partial charge in [0.05, 0.1) is 0 Å². The standard InChI is InChI=1S/C26H36O8/c1-14(2)21(22(27)28)29-17-7-9-18(10-8-17)30-23-16(4)20-11-6-15(3)19-12-13-25(5)32-24(31-23)26(19,20)34-33-25/h7-10,14-16,19-21,23-24H,6,11-13H2,1-5H3,(H,27,28)/t15-,16-,19+,20+,21+,23+,24-,25-,26-/m1/s1. The van der Waals surface area contributed by atoms with Crippen LogP contribution in [0.15, 0.2) is 24.3 Å². The second kappa shape index (κ2) is 8.66. The fourth-order valence-electron chi connectivity index (χ4n) is 6.36. The Morgan fingerprint density at radius 3 is 2.44 bits per heavy atom. The molecule has 1 aromatic carbocycles. The molecule has 9 atom stereocenters. The molecule has 5 fully saturated rings. The molecule has 4 saturated heterocycles. The largest absolute Gasteiger partial charge is 0.478 e. The van der Waals surface area contributed by atoms with Crippen molar-refractivity contribution >= 4 is 5.97 Å². The summed E-state index contributed by atoms with van der Waals surface area (Å²) in [6.45, 7) is 9.99. The monoisotopic (exact) mass is 476 g/mol. The van der Waals surface area contributed by atoms with Gasteiger partial charge in [-0.25, -0.2) is 14.6 Å². The minimum atomic E-state index is -0.980. The lowest BCUT2D eigenvalue weighted by Gasteiger charge is -2.60. The highest BCUT2D eigenvalue weighted by Crippen LogP contribution is 2.60. The van der Waals surface area contributed by atoms with Crippen molar-refractivity contribution in [1.29, 1.82) is 0 Å². The fraction of sp³-hybridized carbons (Fsp3) is 0.731. The van der Waals surface area contributed by atoms with Gasteiger partial charge in [-0.15, -0.1) is 0 Å². The van der Waals surface area contributed by atoms with Crippen molar-refractivity contribution in [2.24, 2.45) is 29.6 Å². The Bertz CT molecular complexity index is 903. The molecule has 8 heteroatoms. The van der Waals surface area contributed by atoms with E-state index in [1.165, 1.54) is 0 Å². The van der Waals surface area contributed by atoms with Crippen molar-refractivity contribution in [3.8, 4) is 11.5 Å². The number of carbonyl (C=O) groups is 1. The van der Waals surface area contributed by atoms with Gasteiger partial charge in [-0.2, -0.15) is 0 Å². The Morgan fingerprint density at radius 2 is 1.76 bits per heavy atom. The van der Waals surface area contributed by atoms with Gasteiger partial charge < -0.3 is 24.1 Å². The molecule has 6 rings (SSSR count). The first-order chi connectivity index (χ1) is 16.1. The Kier molecular flexibility index (Phi) is 6.07. The molecule has 188 valence electrons. The number of benzene rings is 1. The maximum atomic E-state index is 11.4. The lowest BCUT2D eigenvalue weighted by molar-refractivity contribution is -0.575. The highest BCUT2D eigenvalue weighted by atomic mass is 17.3. The molecule has 1 saturated carbocycles. The van der Waals surface area contributed by atoms with Crippen LogP contribution in [-0.4, -0.2) is 41.1 Å². The third-order valence-electron chi connectivity index (χ3n) is 8.29. The van der Waals surface area contributed by atoms with E-state index in [2.05, 4.69) is 13.8 Å². The fourth-order valence-corrected chi connectivity index (χ4v) is 6.36. The second-order valence-corrected chi connectivity index (χ2v) is 11.0. The van der Waals surface area contributed by atoms with Crippen LogP contribution in [0.2, 0.25) is 0 Å². The minimum absolute atomic E-state index is 0.0640. The van der Waals surface area contributed by atoms with E-state index in [1.807, 2.05) is 20.8 Å². The number of rotatable bonds is 6. The van der Waals surface area contributed by atoms with Crippen molar-refractivity contribution in [1.82, 2.24) is 0 Å². The summed E-state index contributed by atoms with van der Waals surface area (Å²) in [4.78, 5) is 23.5. The molecule has 4 aliphatic heterocycles. The van der Waals surface area contributed by atoms with Gasteiger partial charge in [0, 0.05) is 24.2 Å². The van der Waals surface area contributed by atoms with Crippen molar-refractivity contribution in [3.63, 3.8) is 0 Å². The first-order valence-electron chi connectivity index (χ1n) is 12.5. The average Bonchev–Trinajstić information content (AvgIpc) is 3.02. The lowest BCUT2D eigenvalue weighted by Crippen LogP contribution is -2.70. The number of carboxylic acids is 1. The van der Waals surface area contributed by atoms with E-state index in [-0.39, 0.29) is 17.8 Å². The van der Waals surface area contributed by atoms with E-state index >= 15 is 0 Å². The molecule has 34 heavy (non-hydrogen) atoms. The predicted octanol–water partition coefficient (Wildman–Crippen LogP) is 4.76. The third kappa shape index (κ3) is 3.88. The molecule has 4 heterocycles.